The predicted octanol–water partition coefficient (Wildman–Crippen LogP) is 0.820. The van der Waals surface area contributed by atoms with Crippen LogP contribution in [0, 0.1) is 23.2 Å². The normalized spacial score (nSPS) is 25.8. The highest BCUT2D eigenvalue weighted by Crippen LogP contribution is 2.30. The molecular weight excluding hydrogens is 298 g/mol. The molecule has 3 rings (SSSR count). The van der Waals surface area contributed by atoms with Gasteiger partial charge in [-0.1, -0.05) is 6.07 Å². The number of hydrogen-bond acceptors (Lipinski definition) is 4. The van der Waals surface area contributed by atoms with Crippen LogP contribution >= 0.6 is 12.4 Å². The van der Waals surface area contributed by atoms with Crippen LogP contribution in [0.3, 0.4) is 0 Å². The molecule has 1 N–H and O–H groups in total. The molecular formula is C13H16ClN3O2S. The molecule has 0 saturated carbocycles. The summed E-state index contributed by atoms with van der Waals surface area (Å²) in [5.41, 5.74) is 0.377. The molecule has 0 spiro atoms. The largest absolute Gasteiger partial charge is 0.316 e. The SMILES string of the molecule is Cl.N#Cc1cccc(S(=O)(=O)N2C[C@H]3CNC[C@H]3C2)c1. The second-order valence-corrected chi connectivity index (χ2v) is 7.08. The first-order valence-electron chi connectivity index (χ1n) is 6.32. The third kappa shape index (κ3) is 2.54. The molecule has 7 heteroatoms. The van der Waals surface area contributed by atoms with E-state index in [1.807, 2.05) is 6.07 Å². The van der Waals surface area contributed by atoms with E-state index >= 15 is 0 Å². The zero-order chi connectivity index (χ0) is 13.5. The summed E-state index contributed by atoms with van der Waals surface area (Å²) in [5, 5.41) is 12.1. The molecule has 0 amide bonds. The Balaban J connectivity index is 0.00000147. The van der Waals surface area contributed by atoms with Crippen LogP contribution in [0.4, 0.5) is 0 Å². The second kappa shape index (κ2) is 5.70. The van der Waals surface area contributed by atoms with E-state index in [1.54, 1.807) is 22.5 Å². The molecule has 2 saturated heterocycles. The Hall–Kier alpha value is -1.13. The second-order valence-electron chi connectivity index (χ2n) is 5.14. The smallest absolute Gasteiger partial charge is 0.243 e. The van der Waals surface area contributed by atoms with Crippen LogP contribution in [0.1, 0.15) is 5.56 Å². The Labute approximate surface area is 125 Å². The van der Waals surface area contributed by atoms with Gasteiger partial charge >= 0.3 is 0 Å². The molecule has 0 bridgehead atoms. The Morgan fingerprint density at radius 1 is 1.25 bits per heavy atom. The Kier molecular flexibility index (Phi) is 4.35. The molecule has 0 aromatic heterocycles. The van der Waals surface area contributed by atoms with Crippen LogP contribution in [0.15, 0.2) is 29.2 Å². The number of nitriles is 1. The summed E-state index contributed by atoms with van der Waals surface area (Å²) in [4.78, 5) is 0.222. The van der Waals surface area contributed by atoms with Crippen LogP contribution in [-0.2, 0) is 10.0 Å². The van der Waals surface area contributed by atoms with E-state index in [2.05, 4.69) is 5.32 Å². The number of nitrogens with one attached hydrogen (secondary N) is 1. The van der Waals surface area contributed by atoms with Gasteiger partial charge in [0.25, 0.3) is 0 Å². The van der Waals surface area contributed by atoms with Crippen molar-refractivity contribution in [3.63, 3.8) is 0 Å². The molecule has 2 heterocycles. The maximum atomic E-state index is 12.5. The van der Waals surface area contributed by atoms with Crippen molar-refractivity contribution in [3.8, 4) is 6.07 Å². The lowest BCUT2D eigenvalue weighted by atomic mass is 10.0. The van der Waals surface area contributed by atoms with Crippen LogP contribution in [0.2, 0.25) is 0 Å². The van der Waals surface area contributed by atoms with E-state index in [0.29, 0.717) is 30.5 Å². The molecule has 2 fully saturated rings. The average molecular weight is 314 g/mol. The van der Waals surface area contributed by atoms with Gasteiger partial charge in [0.05, 0.1) is 16.5 Å². The zero-order valence-electron chi connectivity index (χ0n) is 10.8. The molecule has 0 radical (unpaired) electrons. The van der Waals surface area contributed by atoms with Crippen LogP contribution in [0.5, 0.6) is 0 Å². The molecule has 1 aromatic rings. The standard InChI is InChI=1S/C13H15N3O2S.ClH/c14-5-10-2-1-3-13(4-10)19(17,18)16-8-11-6-15-7-12(11)9-16;/h1-4,11-12,15H,6-9H2;1H/t11-,12+;. The van der Waals surface area contributed by atoms with Crippen molar-refractivity contribution in [1.82, 2.24) is 9.62 Å². The molecule has 2 aliphatic rings. The van der Waals surface area contributed by atoms with Gasteiger partial charge in [-0.3, -0.25) is 0 Å². The van der Waals surface area contributed by atoms with E-state index in [1.165, 1.54) is 6.07 Å². The quantitative estimate of drug-likeness (QED) is 0.877. The number of sulfonamides is 1. The van der Waals surface area contributed by atoms with Crippen molar-refractivity contribution in [2.24, 2.45) is 11.8 Å². The first kappa shape index (κ1) is 15.3. The first-order chi connectivity index (χ1) is 9.11. The first-order valence-corrected chi connectivity index (χ1v) is 7.76. The Bertz CT molecular complexity index is 629. The highest BCUT2D eigenvalue weighted by Gasteiger charge is 2.41. The zero-order valence-corrected chi connectivity index (χ0v) is 12.5. The number of halogens is 1. The maximum Gasteiger partial charge on any atom is 0.243 e. The maximum absolute atomic E-state index is 12.5. The summed E-state index contributed by atoms with van der Waals surface area (Å²) in [5.74, 6) is 0.850. The van der Waals surface area contributed by atoms with Gasteiger partial charge in [0.2, 0.25) is 10.0 Å². The minimum absolute atomic E-state index is 0. The molecule has 2 atom stereocenters. The highest BCUT2D eigenvalue weighted by molar-refractivity contribution is 7.89. The van der Waals surface area contributed by atoms with Gasteiger partial charge in [-0.25, -0.2) is 8.42 Å². The lowest BCUT2D eigenvalue weighted by molar-refractivity contribution is 0.448. The topological polar surface area (TPSA) is 73.2 Å². The summed E-state index contributed by atoms with van der Waals surface area (Å²) in [6.45, 7) is 2.96. The van der Waals surface area contributed by atoms with Gasteiger partial charge in [-0.05, 0) is 43.1 Å². The molecule has 1 aromatic carbocycles. The Morgan fingerprint density at radius 2 is 1.90 bits per heavy atom. The van der Waals surface area contributed by atoms with Crippen molar-refractivity contribution in [3.05, 3.63) is 29.8 Å². The Morgan fingerprint density at radius 3 is 2.50 bits per heavy atom. The summed E-state index contributed by atoms with van der Waals surface area (Å²) < 4.78 is 26.6. The monoisotopic (exact) mass is 313 g/mol. The van der Waals surface area contributed by atoms with Gasteiger partial charge < -0.3 is 5.32 Å². The van der Waals surface area contributed by atoms with Gasteiger partial charge in [0, 0.05) is 13.1 Å². The number of benzene rings is 1. The van der Waals surface area contributed by atoms with Crippen LogP contribution in [0.25, 0.3) is 0 Å². The highest BCUT2D eigenvalue weighted by atomic mass is 35.5. The fourth-order valence-electron chi connectivity index (χ4n) is 2.88. The van der Waals surface area contributed by atoms with E-state index in [9.17, 15) is 8.42 Å². The van der Waals surface area contributed by atoms with E-state index in [0.717, 1.165) is 13.1 Å². The van der Waals surface area contributed by atoms with Crippen molar-refractivity contribution >= 4 is 22.4 Å². The summed E-state index contributed by atoms with van der Waals surface area (Å²) >= 11 is 0. The molecule has 0 aliphatic carbocycles. The fraction of sp³-hybridized carbons (Fsp3) is 0.462. The predicted molar refractivity (Wildman–Crippen MR) is 77.0 cm³/mol. The van der Waals surface area contributed by atoms with Crippen molar-refractivity contribution in [2.45, 2.75) is 4.90 Å². The lowest BCUT2D eigenvalue weighted by Crippen LogP contribution is -2.32. The van der Waals surface area contributed by atoms with Gasteiger partial charge in [-0.15, -0.1) is 12.4 Å². The minimum atomic E-state index is -3.46. The van der Waals surface area contributed by atoms with Crippen molar-refractivity contribution in [2.75, 3.05) is 26.2 Å². The van der Waals surface area contributed by atoms with E-state index in [-0.39, 0.29) is 17.3 Å². The number of nitrogens with zero attached hydrogens (tertiary/aromatic N) is 2. The average Bonchev–Trinajstić information content (AvgIpc) is 2.99. The minimum Gasteiger partial charge on any atom is -0.316 e. The number of hydrogen-bond donors (Lipinski definition) is 1. The molecule has 5 nitrogen and oxygen atoms in total. The number of fused-ring (bicyclic) bond motifs is 1. The summed E-state index contributed by atoms with van der Waals surface area (Å²) in [6.07, 6.45) is 0. The van der Waals surface area contributed by atoms with Gasteiger partial charge in [0.15, 0.2) is 0 Å². The fourth-order valence-corrected chi connectivity index (χ4v) is 4.48. The third-order valence-corrected chi connectivity index (χ3v) is 5.78. The van der Waals surface area contributed by atoms with Crippen molar-refractivity contribution < 1.29 is 8.42 Å². The summed E-state index contributed by atoms with van der Waals surface area (Å²) in [7, 11) is -3.46. The van der Waals surface area contributed by atoms with Crippen LogP contribution in [-0.4, -0.2) is 38.9 Å². The van der Waals surface area contributed by atoms with Crippen LogP contribution < -0.4 is 5.32 Å². The van der Waals surface area contributed by atoms with Gasteiger partial charge in [-0.2, -0.15) is 9.57 Å². The van der Waals surface area contributed by atoms with E-state index < -0.39 is 10.0 Å². The van der Waals surface area contributed by atoms with Gasteiger partial charge in [0.1, 0.15) is 0 Å². The summed E-state index contributed by atoms with van der Waals surface area (Å²) in [6, 6.07) is 8.21. The van der Waals surface area contributed by atoms with Crippen molar-refractivity contribution in [1.29, 1.82) is 5.26 Å². The molecule has 2 aliphatic heterocycles. The molecule has 20 heavy (non-hydrogen) atoms. The third-order valence-electron chi connectivity index (χ3n) is 3.96. The lowest BCUT2D eigenvalue weighted by Gasteiger charge is -2.17. The number of rotatable bonds is 2. The molecule has 0 unspecified atom stereocenters. The van der Waals surface area contributed by atoms with E-state index in [4.69, 9.17) is 5.26 Å². The molecule has 108 valence electrons.